The Labute approximate surface area is 217 Å². The highest BCUT2D eigenvalue weighted by atomic mass is 19.1. The minimum atomic E-state index is -0.554. The van der Waals surface area contributed by atoms with Gasteiger partial charge in [-0.05, 0) is 62.3 Å². The molecule has 37 heavy (non-hydrogen) atoms. The number of hydrogen-bond acceptors (Lipinski definition) is 7. The average molecular weight is 504 g/mol. The molecule has 1 aromatic carbocycles. The summed E-state index contributed by atoms with van der Waals surface area (Å²) in [4.78, 5) is 7.03. The van der Waals surface area contributed by atoms with E-state index in [1.165, 1.54) is 12.1 Å². The number of benzene rings is 1. The molecule has 2 aromatic heterocycles. The summed E-state index contributed by atoms with van der Waals surface area (Å²) in [7, 11) is 1.77. The van der Waals surface area contributed by atoms with Crippen molar-refractivity contribution in [3.63, 3.8) is 0 Å². The smallest absolute Gasteiger partial charge is 0.154 e. The summed E-state index contributed by atoms with van der Waals surface area (Å²) in [6.07, 6.45) is 8.57. The fraction of sp³-hybridized carbons (Fsp3) is 0.464. The zero-order valence-electron chi connectivity index (χ0n) is 21.2. The second kappa shape index (κ2) is 11.3. The maximum absolute atomic E-state index is 14.5. The van der Waals surface area contributed by atoms with Gasteiger partial charge in [-0.3, -0.25) is 0 Å². The Kier molecular flexibility index (Phi) is 7.68. The van der Waals surface area contributed by atoms with Gasteiger partial charge in [-0.2, -0.15) is 5.26 Å². The van der Waals surface area contributed by atoms with E-state index in [9.17, 15) is 4.39 Å². The highest BCUT2D eigenvalue weighted by molar-refractivity contribution is 5.67. The standard InChI is InChI=1S/C28H34FN7O/c1-37-24-9-11-35(12-10-24)23-7-8-28(33-18-23)36-26(20-5-6-21(16-30)25(29)14-20)15-27(34-36)32-17-19-3-2-4-22(31)13-19/h5-8,14-15,18-19,22,24H,2-4,9-13,17,31H2,1H3,(H,32,34)/t19-,22-/m0/s1. The van der Waals surface area contributed by atoms with Crippen molar-refractivity contribution in [1.82, 2.24) is 14.8 Å². The fourth-order valence-corrected chi connectivity index (χ4v) is 5.42. The number of methoxy groups -OCH3 is 1. The molecule has 2 atom stereocenters. The summed E-state index contributed by atoms with van der Waals surface area (Å²) in [5.41, 5.74) is 8.57. The monoisotopic (exact) mass is 503 g/mol. The van der Waals surface area contributed by atoms with E-state index in [0.29, 0.717) is 34.9 Å². The molecule has 0 radical (unpaired) electrons. The molecule has 1 aliphatic heterocycles. The molecule has 8 nitrogen and oxygen atoms in total. The van der Waals surface area contributed by atoms with Crippen LogP contribution in [-0.2, 0) is 4.74 Å². The number of nitrogens with one attached hydrogen (secondary N) is 1. The van der Waals surface area contributed by atoms with Crippen molar-refractivity contribution in [3.05, 3.63) is 54.0 Å². The molecule has 0 bridgehead atoms. The van der Waals surface area contributed by atoms with Gasteiger partial charge in [0.05, 0.1) is 29.2 Å². The molecular formula is C28H34FN7O. The van der Waals surface area contributed by atoms with Crippen LogP contribution in [0.5, 0.6) is 0 Å². The molecule has 3 heterocycles. The van der Waals surface area contributed by atoms with Crippen LogP contribution >= 0.6 is 0 Å². The zero-order chi connectivity index (χ0) is 25.8. The van der Waals surface area contributed by atoms with Crippen LogP contribution < -0.4 is 16.0 Å². The average Bonchev–Trinajstić information content (AvgIpc) is 3.36. The van der Waals surface area contributed by atoms with Gasteiger partial charge < -0.3 is 20.7 Å². The zero-order valence-corrected chi connectivity index (χ0v) is 21.2. The van der Waals surface area contributed by atoms with E-state index >= 15 is 0 Å². The first-order chi connectivity index (χ1) is 18.0. The topological polar surface area (TPSA) is 105 Å². The molecule has 3 N–H and O–H groups in total. The molecule has 1 aliphatic carbocycles. The number of aromatic nitrogens is 3. The van der Waals surface area contributed by atoms with Gasteiger partial charge in [0.15, 0.2) is 5.82 Å². The number of nitrogens with zero attached hydrogens (tertiary/aromatic N) is 5. The van der Waals surface area contributed by atoms with Crippen LogP contribution in [0.25, 0.3) is 17.1 Å². The molecule has 3 aromatic rings. The molecule has 1 saturated carbocycles. The lowest BCUT2D eigenvalue weighted by Gasteiger charge is -2.32. The van der Waals surface area contributed by atoms with Gasteiger partial charge in [0, 0.05) is 44.4 Å². The molecular weight excluding hydrogens is 469 g/mol. The Morgan fingerprint density at radius 3 is 2.68 bits per heavy atom. The minimum absolute atomic E-state index is 0.0153. The second-order valence-corrected chi connectivity index (χ2v) is 10.1. The molecule has 2 aliphatic rings. The number of pyridine rings is 1. The van der Waals surface area contributed by atoms with E-state index in [4.69, 9.17) is 25.8 Å². The minimum Gasteiger partial charge on any atom is -0.381 e. The van der Waals surface area contributed by atoms with Gasteiger partial charge >= 0.3 is 0 Å². The molecule has 0 spiro atoms. The molecule has 0 unspecified atom stereocenters. The van der Waals surface area contributed by atoms with Gasteiger partial charge in [-0.1, -0.05) is 12.5 Å². The van der Waals surface area contributed by atoms with Crippen LogP contribution in [0, 0.1) is 23.1 Å². The van der Waals surface area contributed by atoms with Gasteiger partial charge in [0.2, 0.25) is 0 Å². The number of halogens is 1. The Hall–Kier alpha value is -3.48. The van der Waals surface area contributed by atoms with Crippen LogP contribution in [-0.4, -0.2) is 53.7 Å². The van der Waals surface area contributed by atoms with Crippen molar-refractivity contribution >= 4 is 11.5 Å². The molecule has 5 rings (SSSR count). The van der Waals surface area contributed by atoms with Crippen molar-refractivity contribution in [2.45, 2.75) is 50.7 Å². The first kappa shape index (κ1) is 25.2. The third-order valence-electron chi connectivity index (χ3n) is 7.58. The van der Waals surface area contributed by atoms with Gasteiger partial charge in [0.1, 0.15) is 17.7 Å². The van der Waals surface area contributed by atoms with E-state index in [2.05, 4.69) is 16.3 Å². The predicted octanol–water partition coefficient (Wildman–Crippen LogP) is 4.49. The largest absolute Gasteiger partial charge is 0.381 e. The van der Waals surface area contributed by atoms with Crippen molar-refractivity contribution in [3.8, 4) is 23.1 Å². The number of ether oxygens (including phenoxy) is 1. The number of hydrogen-bond donors (Lipinski definition) is 2. The first-order valence-electron chi connectivity index (χ1n) is 13.1. The van der Waals surface area contributed by atoms with Crippen LogP contribution in [0.4, 0.5) is 15.9 Å². The first-order valence-corrected chi connectivity index (χ1v) is 13.1. The number of nitriles is 1. The third-order valence-corrected chi connectivity index (χ3v) is 7.58. The van der Waals surface area contributed by atoms with Crippen LogP contribution in [0.1, 0.15) is 44.1 Å². The Morgan fingerprint density at radius 1 is 1.16 bits per heavy atom. The third kappa shape index (κ3) is 5.76. The van der Waals surface area contributed by atoms with Crippen LogP contribution in [0.3, 0.4) is 0 Å². The summed E-state index contributed by atoms with van der Waals surface area (Å²) < 4.78 is 21.7. The van der Waals surface area contributed by atoms with Gasteiger partial charge in [-0.25, -0.2) is 14.1 Å². The quantitative estimate of drug-likeness (QED) is 0.489. The highest BCUT2D eigenvalue weighted by Gasteiger charge is 2.22. The highest BCUT2D eigenvalue weighted by Crippen LogP contribution is 2.29. The Balaban J connectivity index is 1.40. The summed E-state index contributed by atoms with van der Waals surface area (Å²) >= 11 is 0. The summed E-state index contributed by atoms with van der Waals surface area (Å²) in [5.74, 6) is 1.29. The SMILES string of the molecule is COC1CCN(c2ccc(-n3nc(NC[C@H]4CCC[C@H](N)C4)cc3-c3ccc(C#N)c(F)c3)nc2)CC1. The number of rotatable bonds is 7. The van der Waals surface area contributed by atoms with Crippen molar-refractivity contribution in [1.29, 1.82) is 5.26 Å². The van der Waals surface area contributed by atoms with Gasteiger partial charge in [-0.15, -0.1) is 5.10 Å². The van der Waals surface area contributed by atoms with E-state index in [0.717, 1.165) is 63.8 Å². The summed E-state index contributed by atoms with van der Waals surface area (Å²) in [5, 5.41) is 17.4. The Bertz CT molecular complexity index is 1240. The molecule has 2 fully saturated rings. The predicted molar refractivity (Wildman–Crippen MR) is 142 cm³/mol. The maximum Gasteiger partial charge on any atom is 0.154 e. The molecule has 9 heteroatoms. The van der Waals surface area contributed by atoms with E-state index in [1.807, 2.05) is 24.4 Å². The lowest BCUT2D eigenvalue weighted by Crippen LogP contribution is -2.36. The number of nitrogens with two attached hydrogens (primary N) is 1. The molecule has 1 saturated heterocycles. The molecule has 0 amide bonds. The van der Waals surface area contributed by atoms with Crippen LogP contribution in [0.2, 0.25) is 0 Å². The molecule has 194 valence electrons. The van der Waals surface area contributed by atoms with Crippen molar-refractivity contribution in [2.75, 3.05) is 37.0 Å². The number of anilines is 2. The lowest BCUT2D eigenvalue weighted by molar-refractivity contribution is 0.0819. The second-order valence-electron chi connectivity index (χ2n) is 10.1. The number of piperidine rings is 1. The van der Waals surface area contributed by atoms with Crippen LogP contribution in [0.15, 0.2) is 42.6 Å². The Morgan fingerprint density at radius 2 is 2.00 bits per heavy atom. The van der Waals surface area contributed by atoms with Crippen molar-refractivity contribution < 1.29 is 9.13 Å². The fourth-order valence-electron chi connectivity index (χ4n) is 5.42. The van der Waals surface area contributed by atoms with Gasteiger partial charge in [0.25, 0.3) is 0 Å². The summed E-state index contributed by atoms with van der Waals surface area (Å²) in [6.45, 7) is 2.64. The summed E-state index contributed by atoms with van der Waals surface area (Å²) in [6, 6.07) is 12.7. The maximum atomic E-state index is 14.5. The van der Waals surface area contributed by atoms with Crippen molar-refractivity contribution in [2.24, 2.45) is 11.7 Å². The van der Waals surface area contributed by atoms with E-state index in [1.54, 1.807) is 17.9 Å². The van der Waals surface area contributed by atoms with E-state index < -0.39 is 5.82 Å². The lowest BCUT2D eigenvalue weighted by atomic mass is 9.86. The van der Waals surface area contributed by atoms with E-state index in [-0.39, 0.29) is 11.6 Å². The normalized spacial score (nSPS) is 20.5.